The fraction of sp³-hybridized carbons (Fsp3) is 0.176. The van der Waals surface area contributed by atoms with Gasteiger partial charge in [-0.25, -0.2) is 4.68 Å². The molecule has 0 saturated carbocycles. The minimum atomic E-state index is -0.498. The summed E-state index contributed by atoms with van der Waals surface area (Å²) >= 11 is 0. The molecular weight excluding hydrogens is 306 g/mol. The SMILES string of the molecule is Cc1cc(NC(=O)[C@H]2Cc3ccccc3O2)ccc1-n1cnnn1. The molecule has 0 unspecified atom stereocenters. The fourth-order valence-electron chi connectivity index (χ4n) is 2.81. The number of nitrogens with one attached hydrogen (secondary N) is 1. The fourth-order valence-corrected chi connectivity index (χ4v) is 2.81. The van der Waals surface area contributed by atoms with Crippen molar-refractivity contribution >= 4 is 11.6 Å². The van der Waals surface area contributed by atoms with Crippen LogP contribution in [0.5, 0.6) is 5.75 Å². The van der Waals surface area contributed by atoms with Gasteiger partial charge in [-0.3, -0.25) is 4.79 Å². The number of rotatable bonds is 3. The van der Waals surface area contributed by atoms with E-state index in [1.165, 1.54) is 6.33 Å². The molecule has 1 aromatic heterocycles. The van der Waals surface area contributed by atoms with Crippen molar-refractivity contribution in [3.8, 4) is 11.4 Å². The summed E-state index contributed by atoms with van der Waals surface area (Å²) in [5.74, 6) is 0.628. The number of amides is 1. The molecule has 2 heterocycles. The van der Waals surface area contributed by atoms with Crippen molar-refractivity contribution in [1.82, 2.24) is 20.2 Å². The third kappa shape index (κ3) is 2.60. The number of aryl methyl sites for hydroxylation is 1. The second kappa shape index (κ2) is 5.77. The first-order valence-corrected chi connectivity index (χ1v) is 7.60. The number of carbonyl (C=O) groups is 1. The molecule has 3 aromatic rings. The van der Waals surface area contributed by atoms with Gasteiger partial charge >= 0.3 is 0 Å². The molecule has 1 aliphatic heterocycles. The number of tetrazole rings is 1. The Bertz CT molecular complexity index is 867. The maximum absolute atomic E-state index is 12.4. The third-order valence-corrected chi connectivity index (χ3v) is 4.00. The lowest BCUT2D eigenvalue weighted by atomic mass is 10.1. The molecule has 120 valence electrons. The van der Waals surface area contributed by atoms with Crippen LogP contribution in [0.3, 0.4) is 0 Å². The van der Waals surface area contributed by atoms with Gasteiger partial charge in [-0.05, 0) is 52.7 Å². The molecule has 0 saturated heterocycles. The van der Waals surface area contributed by atoms with Gasteiger partial charge in [-0.2, -0.15) is 0 Å². The van der Waals surface area contributed by atoms with Crippen molar-refractivity contribution in [2.24, 2.45) is 0 Å². The highest BCUT2D eigenvalue weighted by Gasteiger charge is 2.28. The van der Waals surface area contributed by atoms with Crippen LogP contribution < -0.4 is 10.1 Å². The van der Waals surface area contributed by atoms with Gasteiger partial charge in [-0.15, -0.1) is 5.10 Å². The number of anilines is 1. The van der Waals surface area contributed by atoms with E-state index in [4.69, 9.17) is 4.74 Å². The highest BCUT2D eigenvalue weighted by molar-refractivity contribution is 5.95. The Hall–Kier alpha value is -3.22. The number of hydrogen-bond acceptors (Lipinski definition) is 5. The molecule has 1 aliphatic rings. The predicted octanol–water partition coefficient (Wildman–Crippen LogP) is 1.91. The van der Waals surface area contributed by atoms with Gasteiger partial charge in [0.25, 0.3) is 5.91 Å². The van der Waals surface area contributed by atoms with Crippen molar-refractivity contribution in [1.29, 1.82) is 0 Å². The maximum Gasteiger partial charge on any atom is 0.265 e. The summed E-state index contributed by atoms with van der Waals surface area (Å²) in [6, 6.07) is 13.3. The van der Waals surface area contributed by atoms with Crippen LogP contribution in [-0.2, 0) is 11.2 Å². The van der Waals surface area contributed by atoms with Gasteiger partial charge in [0.1, 0.15) is 12.1 Å². The molecular formula is C17H15N5O2. The highest BCUT2D eigenvalue weighted by atomic mass is 16.5. The maximum atomic E-state index is 12.4. The van der Waals surface area contributed by atoms with E-state index in [1.807, 2.05) is 49.4 Å². The molecule has 7 heteroatoms. The summed E-state index contributed by atoms with van der Waals surface area (Å²) in [4.78, 5) is 12.4. The molecule has 0 radical (unpaired) electrons. The third-order valence-electron chi connectivity index (χ3n) is 4.00. The van der Waals surface area contributed by atoms with Crippen LogP contribution in [0.1, 0.15) is 11.1 Å². The predicted molar refractivity (Wildman–Crippen MR) is 87.1 cm³/mol. The Morgan fingerprint density at radius 1 is 1.29 bits per heavy atom. The van der Waals surface area contributed by atoms with Gasteiger partial charge < -0.3 is 10.1 Å². The van der Waals surface area contributed by atoms with Gasteiger partial charge in [0.2, 0.25) is 0 Å². The normalized spacial score (nSPS) is 15.6. The topological polar surface area (TPSA) is 81.9 Å². The Labute approximate surface area is 138 Å². The van der Waals surface area contributed by atoms with E-state index in [1.54, 1.807) is 4.68 Å². The summed E-state index contributed by atoms with van der Waals surface area (Å²) in [5, 5.41) is 14.0. The van der Waals surface area contributed by atoms with Crippen LogP contribution in [-0.4, -0.2) is 32.2 Å². The number of hydrogen-bond donors (Lipinski definition) is 1. The van der Waals surface area contributed by atoms with Crippen LogP contribution in [0.15, 0.2) is 48.8 Å². The zero-order valence-electron chi connectivity index (χ0n) is 13.0. The Morgan fingerprint density at radius 3 is 2.92 bits per heavy atom. The first kappa shape index (κ1) is 14.4. The number of fused-ring (bicyclic) bond motifs is 1. The van der Waals surface area contributed by atoms with Gasteiger partial charge in [-0.1, -0.05) is 18.2 Å². The monoisotopic (exact) mass is 321 g/mol. The van der Waals surface area contributed by atoms with Crippen LogP contribution in [0, 0.1) is 6.92 Å². The summed E-state index contributed by atoms with van der Waals surface area (Å²) in [7, 11) is 0. The largest absolute Gasteiger partial charge is 0.480 e. The van der Waals surface area contributed by atoms with Gasteiger partial charge in [0.15, 0.2) is 6.10 Å². The smallest absolute Gasteiger partial charge is 0.265 e. The number of benzene rings is 2. The van der Waals surface area contributed by atoms with Crippen LogP contribution in [0.4, 0.5) is 5.69 Å². The molecule has 2 aromatic carbocycles. The molecule has 1 N–H and O–H groups in total. The van der Waals surface area contributed by atoms with E-state index in [-0.39, 0.29) is 5.91 Å². The molecule has 1 amide bonds. The molecule has 7 nitrogen and oxygen atoms in total. The molecule has 0 fully saturated rings. The zero-order chi connectivity index (χ0) is 16.5. The van der Waals surface area contributed by atoms with E-state index in [2.05, 4.69) is 20.8 Å². The van der Waals surface area contributed by atoms with Crippen LogP contribution >= 0.6 is 0 Å². The minimum Gasteiger partial charge on any atom is -0.480 e. The average molecular weight is 321 g/mol. The first-order valence-electron chi connectivity index (χ1n) is 7.60. The number of ether oxygens (including phenoxy) is 1. The molecule has 1 atom stereocenters. The number of carbonyl (C=O) groups excluding carboxylic acids is 1. The Balaban J connectivity index is 1.48. The number of nitrogens with zero attached hydrogens (tertiary/aromatic N) is 4. The van der Waals surface area contributed by atoms with E-state index >= 15 is 0 Å². The summed E-state index contributed by atoms with van der Waals surface area (Å²) in [5.41, 5.74) is 3.59. The van der Waals surface area contributed by atoms with Crippen molar-refractivity contribution in [3.05, 3.63) is 59.9 Å². The zero-order valence-corrected chi connectivity index (χ0v) is 13.0. The standard InChI is InChI=1S/C17H15N5O2/c1-11-8-13(6-7-14(11)22-10-18-20-21-22)19-17(23)16-9-12-4-2-3-5-15(12)24-16/h2-8,10,16H,9H2,1H3,(H,19,23)/t16-/m1/s1. The lowest BCUT2D eigenvalue weighted by Crippen LogP contribution is -2.31. The van der Waals surface area contributed by atoms with Crippen molar-refractivity contribution < 1.29 is 9.53 Å². The second-order valence-corrected chi connectivity index (χ2v) is 5.66. The lowest BCUT2D eigenvalue weighted by Gasteiger charge is -2.13. The van der Waals surface area contributed by atoms with Crippen LogP contribution in [0.2, 0.25) is 0 Å². The van der Waals surface area contributed by atoms with Crippen molar-refractivity contribution in [2.75, 3.05) is 5.32 Å². The summed E-state index contributed by atoms with van der Waals surface area (Å²) < 4.78 is 7.29. The van der Waals surface area contributed by atoms with Gasteiger partial charge in [0.05, 0.1) is 5.69 Å². The lowest BCUT2D eigenvalue weighted by molar-refractivity contribution is -0.122. The van der Waals surface area contributed by atoms with Gasteiger partial charge in [0, 0.05) is 12.1 Å². The van der Waals surface area contributed by atoms with Crippen molar-refractivity contribution in [3.63, 3.8) is 0 Å². The number of para-hydroxylation sites is 1. The molecule has 0 bridgehead atoms. The van der Waals surface area contributed by atoms with E-state index in [0.717, 1.165) is 22.6 Å². The van der Waals surface area contributed by atoms with E-state index in [0.29, 0.717) is 12.1 Å². The number of aromatic nitrogens is 4. The average Bonchev–Trinajstić information content (AvgIpc) is 3.24. The molecule has 0 aliphatic carbocycles. The first-order chi connectivity index (χ1) is 11.7. The minimum absolute atomic E-state index is 0.152. The van der Waals surface area contributed by atoms with E-state index < -0.39 is 6.10 Å². The van der Waals surface area contributed by atoms with Crippen molar-refractivity contribution in [2.45, 2.75) is 19.4 Å². The summed E-state index contributed by atoms with van der Waals surface area (Å²) in [6.07, 6.45) is 1.62. The molecule has 4 rings (SSSR count). The Morgan fingerprint density at radius 2 is 2.17 bits per heavy atom. The van der Waals surface area contributed by atoms with E-state index in [9.17, 15) is 4.79 Å². The molecule has 24 heavy (non-hydrogen) atoms. The Kier molecular flexibility index (Phi) is 3.45. The second-order valence-electron chi connectivity index (χ2n) is 5.66. The van der Waals surface area contributed by atoms with Crippen LogP contribution in [0.25, 0.3) is 5.69 Å². The quantitative estimate of drug-likeness (QED) is 0.797. The summed E-state index contributed by atoms with van der Waals surface area (Å²) in [6.45, 7) is 1.94. The molecule has 0 spiro atoms. The highest BCUT2D eigenvalue weighted by Crippen LogP contribution is 2.29.